The van der Waals surface area contributed by atoms with E-state index >= 15 is 0 Å². The quantitative estimate of drug-likeness (QED) is 0.586. The summed E-state index contributed by atoms with van der Waals surface area (Å²) in [5.41, 5.74) is 0. The van der Waals surface area contributed by atoms with Gasteiger partial charge in [0.1, 0.15) is 0 Å². The summed E-state index contributed by atoms with van der Waals surface area (Å²) in [5, 5.41) is 8.92. The zero-order chi connectivity index (χ0) is 14.8. The second kappa shape index (κ2) is 9.75. The zero-order valence-electron chi connectivity index (χ0n) is 12.8. The van der Waals surface area contributed by atoms with Crippen LogP contribution in [0.25, 0.3) is 0 Å². The molecule has 0 atom stereocenters. The van der Waals surface area contributed by atoms with E-state index in [0.717, 1.165) is 12.8 Å². The SMILES string of the molecule is CC(C)CNC(=O)CCNCC(=O)NC1CCCCC1. The van der Waals surface area contributed by atoms with Crippen LogP contribution < -0.4 is 16.0 Å². The first-order valence-corrected chi connectivity index (χ1v) is 7.84. The number of amides is 2. The van der Waals surface area contributed by atoms with Gasteiger partial charge in [-0.3, -0.25) is 9.59 Å². The van der Waals surface area contributed by atoms with E-state index in [2.05, 4.69) is 29.8 Å². The van der Waals surface area contributed by atoms with Gasteiger partial charge in [0.15, 0.2) is 0 Å². The normalized spacial score (nSPS) is 16.1. The van der Waals surface area contributed by atoms with E-state index in [9.17, 15) is 9.59 Å². The second-order valence-corrected chi connectivity index (χ2v) is 6.03. The minimum Gasteiger partial charge on any atom is -0.356 e. The van der Waals surface area contributed by atoms with E-state index < -0.39 is 0 Å². The Morgan fingerprint density at radius 1 is 1.10 bits per heavy atom. The van der Waals surface area contributed by atoms with Crippen molar-refractivity contribution in [3.8, 4) is 0 Å². The van der Waals surface area contributed by atoms with Crippen molar-refractivity contribution in [2.75, 3.05) is 19.6 Å². The molecule has 5 heteroatoms. The van der Waals surface area contributed by atoms with Crippen LogP contribution in [-0.2, 0) is 9.59 Å². The third kappa shape index (κ3) is 8.15. The van der Waals surface area contributed by atoms with Gasteiger partial charge in [-0.1, -0.05) is 33.1 Å². The van der Waals surface area contributed by atoms with Gasteiger partial charge in [0, 0.05) is 25.6 Å². The molecule has 20 heavy (non-hydrogen) atoms. The Morgan fingerprint density at radius 2 is 1.80 bits per heavy atom. The number of carbonyl (C=O) groups is 2. The van der Waals surface area contributed by atoms with E-state index in [-0.39, 0.29) is 11.8 Å². The molecular formula is C15H29N3O2. The van der Waals surface area contributed by atoms with Crippen LogP contribution in [0, 0.1) is 5.92 Å². The fourth-order valence-electron chi connectivity index (χ4n) is 2.34. The Labute approximate surface area is 122 Å². The summed E-state index contributed by atoms with van der Waals surface area (Å²) in [6.07, 6.45) is 6.34. The molecule has 0 unspecified atom stereocenters. The van der Waals surface area contributed by atoms with E-state index in [1.165, 1.54) is 19.3 Å². The Kier molecular flexibility index (Phi) is 8.26. The van der Waals surface area contributed by atoms with Gasteiger partial charge in [0.25, 0.3) is 0 Å². The molecule has 0 aromatic heterocycles. The maximum absolute atomic E-state index is 11.7. The van der Waals surface area contributed by atoms with Crippen LogP contribution in [0.4, 0.5) is 0 Å². The van der Waals surface area contributed by atoms with Crippen LogP contribution in [0.3, 0.4) is 0 Å². The first-order chi connectivity index (χ1) is 9.58. The van der Waals surface area contributed by atoms with Gasteiger partial charge >= 0.3 is 0 Å². The molecule has 1 saturated carbocycles. The molecule has 0 aromatic rings. The highest BCUT2D eigenvalue weighted by atomic mass is 16.2. The summed E-state index contributed by atoms with van der Waals surface area (Å²) in [5.74, 6) is 0.548. The third-order valence-corrected chi connectivity index (χ3v) is 3.49. The van der Waals surface area contributed by atoms with Gasteiger partial charge < -0.3 is 16.0 Å². The van der Waals surface area contributed by atoms with Crippen molar-refractivity contribution in [1.82, 2.24) is 16.0 Å². The fraction of sp³-hybridized carbons (Fsp3) is 0.867. The lowest BCUT2D eigenvalue weighted by molar-refractivity contribution is -0.122. The highest BCUT2D eigenvalue weighted by Gasteiger charge is 2.15. The average Bonchev–Trinajstić information content (AvgIpc) is 2.42. The number of nitrogens with one attached hydrogen (secondary N) is 3. The van der Waals surface area contributed by atoms with Crippen LogP contribution in [0.15, 0.2) is 0 Å². The van der Waals surface area contributed by atoms with Gasteiger partial charge in [-0.2, -0.15) is 0 Å². The largest absolute Gasteiger partial charge is 0.356 e. The van der Waals surface area contributed by atoms with Gasteiger partial charge in [-0.25, -0.2) is 0 Å². The highest BCUT2D eigenvalue weighted by molar-refractivity contribution is 5.78. The standard InChI is InChI=1S/C15H29N3O2/c1-12(2)10-17-14(19)8-9-16-11-15(20)18-13-6-4-3-5-7-13/h12-13,16H,3-11H2,1-2H3,(H,17,19)(H,18,20). The van der Waals surface area contributed by atoms with E-state index in [0.29, 0.717) is 38.0 Å². The Morgan fingerprint density at radius 3 is 2.45 bits per heavy atom. The van der Waals surface area contributed by atoms with Crippen molar-refractivity contribution in [1.29, 1.82) is 0 Å². The first kappa shape index (κ1) is 17.0. The van der Waals surface area contributed by atoms with Crippen molar-refractivity contribution >= 4 is 11.8 Å². The predicted molar refractivity (Wildman–Crippen MR) is 80.4 cm³/mol. The number of hydrogen-bond donors (Lipinski definition) is 3. The second-order valence-electron chi connectivity index (χ2n) is 6.03. The lowest BCUT2D eigenvalue weighted by Gasteiger charge is -2.22. The Balaban J connectivity index is 1.99. The lowest BCUT2D eigenvalue weighted by atomic mass is 9.95. The molecule has 0 aromatic carbocycles. The highest BCUT2D eigenvalue weighted by Crippen LogP contribution is 2.16. The molecule has 1 aliphatic rings. The molecule has 0 heterocycles. The lowest BCUT2D eigenvalue weighted by Crippen LogP contribution is -2.42. The molecule has 1 fully saturated rings. The molecule has 3 N–H and O–H groups in total. The zero-order valence-corrected chi connectivity index (χ0v) is 12.8. The number of carbonyl (C=O) groups excluding carboxylic acids is 2. The average molecular weight is 283 g/mol. The molecule has 0 spiro atoms. The van der Waals surface area contributed by atoms with E-state index in [1.807, 2.05) is 0 Å². The summed E-state index contributed by atoms with van der Waals surface area (Å²) in [4.78, 5) is 23.2. The topological polar surface area (TPSA) is 70.2 Å². The van der Waals surface area contributed by atoms with Crippen LogP contribution >= 0.6 is 0 Å². The molecular weight excluding hydrogens is 254 g/mol. The van der Waals surface area contributed by atoms with Crippen molar-refractivity contribution in [2.24, 2.45) is 5.92 Å². The van der Waals surface area contributed by atoms with Crippen molar-refractivity contribution < 1.29 is 9.59 Å². The molecule has 116 valence electrons. The van der Waals surface area contributed by atoms with Crippen molar-refractivity contribution in [3.63, 3.8) is 0 Å². The van der Waals surface area contributed by atoms with Gasteiger partial charge in [-0.15, -0.1) is 0 Å². The minimum atomic E-state index is 0.0406. The molecule has 0 radical (unpaired) electrons. The maximum Gasteiger partial charge on any atom is 0.234 e. The summed E-state index contributed by atoms with van der Waals surface area (Å²) < 4.78 is 0. The molecule has 0 saturated heterocycles. The van der Waals surface area contributed by atoms with Crippen LogP contribution in [-0.4, -0.2) is 37.5 Å². The van der Waals surface area contributed by atoms with Crippen LogP contribution in [0.1, 0.15) is 52.4 Å². The summed E-state index contributed by atoms with van der Waals surface area (Å²) >= 11 is 0. The monoisotopic (exact) mass is 283 g/mol. The van der Waals surface area contributed by atoms with Gasteiger partial charge in [0.2, 0.25) is 11.8 Å². The van der Waals surface area contributed by atoms with Gasteiger partial charge in [0.05, 0.1) is 6.54 Å². The number of hydrogen-bond acceptors (Lipinski definition) is 3. The van der Waals surface area contributed by atoms with Crippen LogP contribution in [0.2, 0.25) is 0 Å². The minimum absolute atomic E-state index is 0.0406. The summed E-state index contributed by atoms with van der Waals surface area (Å²) in [7, 11) is 0. The first-order valence-electron chi connectivity index (χ1n) is 7.84. The fourth-order valence-corrected chi connectivity index (χ4v) is 2.34. The molecule has 0 aliphatic heterocycles. The number of rotatable bonds is 8. The Hall–Kier alpha value is -1.10. The van der Waals surface area contributed by atoms with E-state index in [1.54, 1.807) is 0 Å². The molecule has 5 nitrogen and oxygen atoms in total. The molecule has 2 amide bonds. The summed E-state index contributed by atoms with van der Waals surface area (Å²) in [6, 6.07) is 0.354. The van der Waals surface area contributed by atoms with Crippen molar-refractivity contribution in [2.45, 2.75) is 58.4 Å². The third-order valence-electron chi connectivity index (χ3n) is 3.49. The van der Waals surface area contributed by atoms with Crippen molar-refractivity contribution in [3.05, 3.63) is 0 Å². The van der Waals surface area contributed by atoms with Gasteiger partial charge in [-0.05, 0) is 18.8 Å². The van der Waals surface area contributed by atoms with E-state index in [4.69, 9.17) is 0 Å². The maximum atomic E-state index is 11.7. The van der Waals surface area contributed by atoms with Crippen LogP contribution in [0.5, 0.6) is 0 Å². The molecule has 1 aliphatic carbocycles. The summed E-state index contributed by atoms with van der Waals surface area (Å²) in [6.45, 7) is 5.68. The predicted octanol–water partition coefficient (Wildman–Crippen LogP) is 1.19. The smallest absolute Gasteiger partial charge is 0.234 e. The molecule has 0 bridgehead atoms. The Bertz CT molecular complexity index is 299. The molecule has 1 rings (SSSR count).